The Balaban J connectivity index is 3.40. The van der Waals surface area contributed by atoms with E-state index in [1.807, 2.05) is 0 Å². The van der Waals surface area contributed by atoms with Crippen LogP contribution in [0.15, 0.2) is 12.1 Å². The van der Waals surface area contributed by atoms with E-state index < -0.39 is 10.9 Å². The first-order valence-electron chi connectivity index (χ1n) is 5.02. The SMILES string of the molecule is CCOC(=O)c1c(C)ccc([N+](=O)[O-])c1CBr. The number of carbonyl (C=O) groups is 1. The summed E-state index contributed by atoms with van der Waals surface area (Å²) in [6, 6.07) is 2.95. The average molecular weight is 302 g/mol. The first kappa shape index (κ1) is 13.6. The van der Waals surface area contributed by atoms with Gasteiger partial charge in [-0.05, 0) is 19.4 Å². The van der Waals surface area contributed by atoms with E-state index in [0.29, 0.717) is 11.1 Å². The minimum absolute atomic E-state index is 0.0736. The fourth-order valence-electron chi connectivity index (χ4n) is 1.55. The summed E-state index contributed by atoms with van der Waals surface area (Å²) in [4.78, 5) is 22.1. The van der Waals surface area contributed by atoms with E-state index in [0.717, 1.165) is 0 Å². The lowest BCUT2D eigenvalue weighted by Gasteiger charge is -2.10. The predicted octanol–water partition coefficient (Wildman–Crippen LogP) is 2.97. The molecule has 0 bridgehead atoms. The van der Waals surface area contributed by atoms with Crippen molar-refractivity contribution < 1.29 is 14.5 Å². The van der Waals surface area contributed by atoms with Gasteiger partial charge in [-0.1, -0.05) is 22.0 Å². The molecule has 17 heavy (non-hydrogen) atoms. The van der Waals surface area contributed by atoms with Crippen LogP contribution in [-0.4, -0.2) is 17.5 Å². The van der Waals surface area contributed by atoms with Crippen molar-refractivity contribution >= 4 is 27.6 Å². The van der Waals surface area contributed by atoms with Gasteiger partial charge in [-0.3, -0.25) is 10.1 Å². The van der Waals surface area contributed by atoms with Gasteiger partial charge in [-0.25, -0.2) is 4.79 Å². The number of ether oxygens (including phenoxy) is 1. The molecule has 0 fully saturated rings. The average Bonchev–Trinajstić information content (AvgIpc) is 2.28. The third kappa shape index (κ3) is 2.82. The molecule has 0 amide bonds. The van der Waals surface area contributed by atoms with Crippen molar-refractivity contribution in [3.05, 3.63) is 38.9 Å². The Labute approximate surface area is 107 Å². The Morgan fingerprint density at radius 2 is 2.18 bits per heavy atom. The number of aryl methyl sites for hydroxylation is 1. The summed E-state index contributed by atoms with van der Waals surface area (Å²) >= 11 is 3.17. The molecular formula is C11H12BrNO4. The van der Waals surface area contributed by atoms with Crippen molar-refractivity contribution in [1.29, 1.82) is 0 Å². The van der Waals surface area contributed by atoms with Gasteiger partial charge in [0.2, 0.25) is 0 Å². The number of nitro benzene ring substituents is 1. The molecule has 0 aromatic heterocycles. The largest absolute Gasteiger partial charge is 0.462 e. The van der Waals surface area contributed by atoms with Crippen LogP contribution >= 0.6 is 15.9 Å². The molecular weight excluding hydrogens is 290 g/mol. The normalized spacial score (nSPS) is 10.1. The number of alkyl halides is 1. The van der Waals surface area contributed by atoms with Gasteiger partial charge in [-0.15, -0.1) is 0 Å². The zero-order valence-corrected chi connectivity index (χ0v) is 11.1. The third-order valence-electron chi connectivity index (χ3n) is 2.31. The molecule has 0 radical (unpaired) electrons. The molecule has 0 unspecified atom stereocenters. The number of carbonyl (C=O) groups excluding carboxylic acids is 1. The van der Waals surface area contributed by atoms with Crippen molar-refractivity contribution in [2.24, 2.45) is 0 Å². The molecule has 0 heterocycles. The maximum Gasteiger partial charge on any atom is 0.338 e. The van der Waals surface area contributed by atoms with E-state index in [-0.39, 0.29) is 23.2 Å². The third-order valence-corrected chi connectivity index (χ3v) is 2.87. The summed E-state index contributed by atoms with van der Waals surface area (Å²) in [5.74, 6) is -0.525. The number of halogens is 1. The fourth-order valence-corrected chi connectivity index (χ4v) is 2.12. The highest BCUT2D eigenvalue weighted by Gasteiger charge is 2.23. The van der Waals surface area contributed by atoms with E-state index in [4.69, 9.17) is 4.74 Å². The molecule has 0 saturated heterocycles. The van der Waals surface area contributed by atoms with Gasteiger partial charge in [0.1, 0.15) is 0 Å². The molecule has 0 N–H and O–H groups in total. The van der Waals surface area contributed by atoms with E-state index in [1.165, 1.54) is 6.07 Å². The van der Waals surface area contributed by atoms with Crippen LogP contribution in [0.5, 0.6) is 0 Å². The monoisotopic (exact) mass is 301 g/mol. The molecule has 5 nitrogen and oxygen atoms in total. The first-order valence-corrected chi connectivity index (χ1v) is 6.15. The van der Waals surface area contributed by atoms with Gasteiger partial charge in [0.05, 0.1) is 22.7 Å². The molecule has 6 heteroatoms. The minimum atomic E-state index is -0.525. The summed E-state index contributed by atoms with van der Waals surface area (Å²) in [7, 11) is 0. The first-order chi connectivity index (χ1) is 8.02. The molecule has 0 spiro atoms. The zero-order valence-electron chi connectivity index (χ0n) is 9.53. The summed E-state index contributed by atoms with van der Waals surface area (Å²) in [6.45, 7) is 3.66. The number of hydrogen-bond acceptors (Lipinski definition) is 4. The summed E-state index contributed by atoms with van der Waals surface area (Å²) in [5.41, 5.74) is 1.23. The number of esters is 1. The van der Waals surface area contributed by atoms with Gasteiger partial charge >= 0.3 is 5.97 Å². The maximum absolute atomic E-state index is 11.8. The number of hydrogen-bond donors (Lipinski definition) is 0. The Morgan fingerprint density at radius 1 is 1.53 bits per heavy atom. The highest BCUT2D eigenvalue weighted by molar-refractivity contribution is 9.08. The van der Waals surface area contributed by atoms with E-state index in [9.17, 15) is 14.9 Å². The standard InChI is InChI=1S/C11H12BrNO4/c1-3-17-11(14)10-7(2)4-5-9(13(15)16)8(10)6-12/h4-5H,3,6H2,1-2H3. The second-order valence-electron chi connectivity index (χ2n) is 3.37. The molecule has 1 aromatic carbocycles. The van der Waals surface area contributed by atoms with Gasteiger partial charge in [0.15, 0.2) is 0 Å². The van der Waals surface area contributed by atoms with Crippen LogP contribution in [0.1, 0.15) is 28.4 Å². The fraction of sp³-hybridized carbons (Fsp3) is 0.364. The second-order valence-corrected chi connectivity index (χ2v) is 3.93. The number of nitro groups is 1. The van der Waals surface area contributed by atoms with Crippen LogP contribution in [0.3, 0.4) is 0 Å². The molecule has 1 aromatic rings. The quantitative estimate of drug-likeness (QED) is 0.371. The number of benzene rings is 1. The predicted molar refractivity (Wildman–Crippen MR) is 66.4 cm³/mol. The van der Waals surface area contributed by atoms with E-state index in [2.05, 4.69) is 15.9 Å². The summed E-state index contributed by atoms with van der Waals surface area (Å²) in [6.07, 6.45) is 0. The molecule has 0 aliphatic heterocycles. The highest BCUT2D eigenvalue weighted by Crippen LogP contribution is 2.28. The molecule has 0 atom stereocenters. The smallest absolute Gasteiger partial charge is 0.338 e. The van der Waals surface area contributed by atoms with Gasteiger partial charge < -0.3 is 4.74 Å². The van der Waals surface area contributed by atoms with Crippen molar-refractivity contribution in [3.63, 3.8) is 0 Å². The maximum atomic E-state index is 11.8. The Kier molecular flexibility index (Phi) is 4.62. The van der Waals surface area contributed by atoms with Crippen LogP contribution in [0, 0.1) is 17.0 Å². The molecule has 0 aliphatic carbocycles. The van der Waals surface area contributed by atoms with E-state index in [1.54, 1.807) is 19.9 Å². The number of rotatable bonds is 4. The zero-order chi connectivity index (χ0) is 13.0. The Morgan fingerprint density at radius 3 is 2.65 bits per heavy atom. The molecule has 92 valence electrons. The lowest BCUT2D eigenvalue weighted by molar-refractivity contribution is -0.385. The van der Waals surface area contributed by atoms with Gasteiger partial charge in [-0.2, -0.15) is 0 Å². The van der Waals surface area contributed by atoms with Crippen LogP contribution in [-0.2, 0) is 10.1 Å². The molecule has 0 saturated carbocycles. The van der Waals surface area contributed by atoms with Crippen molar-refractivity contribution in [2.75, 3.05) is 6.61 Å². The number of nitrogens with zero attached hydrogens (tertiary/aromatic N) is 1. The van der Waals surface area contributed by atoms with Crippen LogP contribution in [0.4, 0.5) is 5.69 Å². The topological polar surface area (TPSA) is 69.4 Å². The lowest BCUT2D eigenvalue weighted by atomic mass is 10.0. The van der Waals surface area contributed by atoms with Crippen molar-refractivity contribution in [1.82, 2.24) is 0 Å². The van der Waals surface area contributed by atoms with Crippen LogP contribution < -0.4 is 0 Å². The summed E-state index contributed by atoms with van der Waals surface area (Å²) in [5, 5.41) is 11.1. The van der Waals surface area contributed by atoms with E-state index >= 15 is 0 Å². The highest BCUT2D eigenvalue weighted by atomic mass is 79.9. The van der Waals surface area contributed by atoms with Gasteiger partial charge in [0, 0.05) is 11.4 Å². The Bertz CT molecular complexity index is 459. The Hall–Kier alpha value is -1.43. The van der Waals surface area contributed by atoms with Crippen LogP contribution in [0.2, 0.25) is 0 Å². The minimum Gasteiger partial charge on any atom is -0.462 e. The van der Waals surface area contributed by atoms with Gasteiger partial charge in [0.25, 0.3) is 5.69 Å². The van der Waals surface area contributed by atoms with Crippen molar-refractivity contribution in [3.8, 4) is 0 Å². The second kappa shape index (κ2) is 5.77. The molecule has 1 rings (SSSR count). The summed E-state index contributed by atoms with van der Waals surface area (Å²) < 4.78 is 4.90. The van der Waals surface area contributed by atoms with Crippen molar-refractivity contribution in [2.45, 2.75) is 19.2 Å². The molecule has 0 aliphatic rings. The van der Waals surface area contributed by atoms with Crippen LogP contribution in [0.25, 0.3) is 0 Å². The lowest BCUT2D eigenvalue weighted by Crippen LogP contribution is -2.11.